The Morgan fingerprint density at radius 2 is 1.08 bits per heavy atom. The van der Waals surface area contributed by atoms with E-state index in [4.69, 9.17) is 0 Å². The van der Waals surface area contributed by atoms with Crippen LogP contribution in [0.2, 0.25) is 0 Å². The normalized spacial score (nSPS) is 18.0. The average molecular weight is 666 g/mol. The largest absolute Gasteiger partial charge is 0.312 e. The predicted octanol–water partition coefficient (Wildman–Crippen LogP) is 13.3. The van der Waals surface area contributed by atoms with Crippen molar-refractivity contribution < 1.29 is 0 Å². The highest BCUT2D eigenvalue weighted by molar-refractivity contribution is 7.25. The number of benzene rings is 6. The van der Waals surface area contributed by atoms with E-state index in [9.17, 15) is 0 Å². The third-order valence-electron chi connectivity index (χ3n) is 11.0. The van der Waals surface area contributed by atoms with E-state index in [1.54, 1.807) is 0 Å². The summed E-state index contributed by atoms with van der Waals surface area (Å²) in [7, 11) is 0. The van der Waals surface area contributed by atoms with Gasteiger partial charge in [0.15, 0.2) is 0 Å². The van der Waals surface area contributed by atoms with Crippen molar-refractivity contribution in [3.8, 4) is 11.1 Å². The van der Waals surface area contributed by atoms with Crippen molar-refractivity contribution in [2.24, 2.45) is 5.41 Å². The summed E-state index contributed by atoms with van der Waals surface area (Å²) in [6.45, 7) is 0. The van der Waals surface area contributed by atoms with Crippen LogP contribution in [0.1, 0.15) is 22.3 Å². The van der Waals surface area contributed by atoms with Crippen LogP contribution in [0.15, 0.2) is 193 Å². The molecule has 1 heterocycles. The maximum atomic E-state index is 2.54. The number of hydrogen-bond donors (Lipinski definition) is 0. The summed E-state index contributed by atoms with van der Waals surface area (Å²) in [4.78, 5) is 2.54. The first-order valence-electron chi connectivity index (χ1n) is 17.6. The Hall–Kier alpha value is -6.22. The van der Waals surface area contributed by atoms with Crippen molar-refractivity contribution in [2.45, 2.75) is 0 Å². The highest BCUT2D eigenvalue weighted by Crippen LogP contribution is 2.63. The van der Waals surface area contributed by atoms with E-state index < -0.39 is 5.41 Å². The van der Waals surface area contributed by atoms with Crippen LogP contribution in [0.4, 0.5) is 11.4 Å². The lowest BCUT2D eigenvalue weighted by Gasteiger charge is -2.46. The summed E-state index contributed by atoms with van der Waals surface area (Å²) in [5, 5.41) is 2.63. The molecule has 1 atom stereocenters. The van der Waals surface area contributed by atoms with E-state index in [1.165, 1.54) is 81.5 Å². The highest BCUT2D eigenvalue weighted by atomic mass is 32.1. The molecule has 0 saturated carbocycles. The van der Waals surface area contributed by atoms with Gasteiger partial charge in [0, 0.05) is 37.1 Å². The van der Waals surface area contributed by atoms with Gasteiger partial charge >= 0.3 is 0 Å². The van der Waals surface area contributed by atoms with E-state index in [2.05, 4.69) is 193 Å². The van der Waals surface area contributed by atoms with Crippen LogP contribution in [-0.2, 0) is 0 Å². The molecule has 0 aliphatic heterocycles. The molecular weight excluding hydrogens is 635 g/mol. The molecule has 51 heavy (non-hydrogen) atoms. The third-order valence-corrected chi connectivity index (χ3v) is 12.2. The van der Waals surface area contributed by atoms with Crippen molar-refractivity contribution in [3.05, 3.63) is 215 Å². The first kappa shape index (κ1) is 28.6. The van der Waals surface area contributed by atoms with Gasteiger partial charge < -0.3 is 4.90 Å². The quantitative estimate of drug-likeness (QED) is 0.181. The molecule has 238 valence electrons. The molecule has 0 fully saturated rings. The predicted molar refractivity (Wildman–Crippen MR) is 218 cm³/mol. The summed E-state index contributed by atoms with van der Waals surface area (Å²) in [5.74, 6) is 0. The summed E-state index contributed by atoms with van der Waals surface area (Å²) in [6.07, 6.45) is 16.7. The minimum absolute atomic E-state index is 0.545. The summed E-state index contributed by atoms with van der Waals surface area (Å²) >= 11 is 1.87. The van der Waals surface area contributed by atoms with Crippen LogP contribution in [0.25, 0.3) is 54.6 Å². The minimum atomic E-state index is -0.545. The number of anilines is 2. The van der Waals surface area contributed by atoms with Gasteiger partial charge in [-0.15, -0.1) is 11.3 Å². The Morgan fingerprint density at radius 3 is 1.86 bits per heavy atom. The van der Waals surface area contributed by atoms with E-state index in [0.717, 1.165) is 11.4 Å². The molecule has 0 bridgehead atoms. The first-order valence-corrected chi connectivity index (χ1v) is 18.4. The molecule has 6 aromatic carbocycles. The highest BCUT2D eigenvalue weighted by Gasteiger charge is 2.50. The van der Waals surface area contributed by atoms with Crippen LogP contribution >= 0.6 is 11.3 Å². The molecule has 7 aromatic rings. The molecule has 1 unspecified atom stereocenters. The molecule has 1 aromatic heterocycles. The summed E-state index contributed by atoms with van der Waals surface area (Å²) < 4.78 is 2.62. The maximum Gasteiger partial charge on any atom is 0.0803 e. The number of nitrogens with zero attached hydrogens (tertiary/aromatic N) is 1. The van der Waals surface area contributed by atoms with Gasteiger partial charge in [-0.25, -0.2) is 0 Å². The third kappa shape index (κ3) is 4.03. The standard InChI is InChI=1S/C49H31NS/c1-2-16-34(17-3-1)50(44-24-10-8-20-39(44)40-22-12-26-46-48(40)41-21-9-11-25-45(41)51-46)47-28-27-38-36-19-7-5-15-33(36)31-43(38)49(47)29-13-23-37-35-18-6-4-14-32(35)30-42(37)49/h1-31H. The fraction of sp³-hybridized carbons (Fsp3) is 0.0204. The fourth-order valence-electron chi connectivity index (χ4n) is 8.90. The van der Waals surface area contributed by atoms with Gasteiger partial charge in [0.25, 0.3) is 0 Å². The van der Waals surface area contributed by atoms with Crippen LogP contribution in [0.5, 0.6) is 0 Å². The van der Waals surface area contributed by atoms with Crippen molar-refractivity contribution in [2.75, 3.05) is 4.90 Å². The van der Waals surface area contributed by atoms with Gasteiger partial charge in [0.1, 0.15) is 0 Å². The maximum absolute atomic E-state index is 2.54. The van der Waals surface area contributed by atoms with Crippen LogP contribution in [0.3, 0.4) is 0 Å². The van der Waals surface area contributed by atoms with Crippen molar-refractivity contribution in [3.63, 3.8) is 0 Å². The van der Waals surface area contributed by atoms with Crippen LogP contribution < -0.4 is 4.90 Å². The number of para-hydroxylation sites is 2. The van der Waals surface area contributed by atoms with Crippen molar-refractivity contribution in [1.29, 1.82) is 0 Å². The van der Waals surface area contributed by atoms with E-state index in [0.29, 0.717) is 0 Å². The monoisotopic (exact) mass is 665 g/mol. The van der Waals surface area contributed by atoms with Gasteiger partial charge in [0.05, 0.1) is 11.1 Å². The molecule has 0 saturated heterocycles. The Balaban J connectivity index is 1.21. The Morgan fingerprint density at radius 1 is 0.471 bits per heavy atom. The van der Waals surface area contributed by atoms with E-state index in [-0.39, 0.29) is 0 Å². The average Bonchev–Trinajstić information content (AvgIpc) is 3.89. The second kappa shape index (κ2) is 10.9. The van der Waals surface area contributed by atoms with E-state index in [1.807, 2.05) is 11.3 Å². The van der Waals surface area contributed by atoms with E-state index >= 15 is 0 Å². The molecule has 11 rings (SSSR count). The lowest BCUT2D eigenvalue weighted by molar-refractivity contribution is 0.677. The molecule has 2 heteroatoms. The van der Waals surface area contributed by atoms with Crippen LogP contribution in [-0.4, -0.2) is 0 Å². The Labute approximate surface area is 301 Å². The van der Waals surface area contributed by atoms with Gasteiger partial charge in [0.2, 0.25) is 0 Å². The molecular formula is C49H31NS. The first-order chi connectivity index (χ1) is 25.3. The number of hydrogen-bond acceptors (Lipinski definition) is 2. The smallest absolute Gasteiger partial charge is 0.0803 e. The fourth-order valence-corrected chi connectivity index (χ4v) is 10.0. The van der Waals surface area contributed by atoms with Crippen molar-refractivity contribution >= 4 is 66.2 Å². The number of rotatable bonds is 4. The molecule has 0 N–H and O–H groups in total. The molecule has 4 aliphatic rings. The molecule has 1 spiro atoms. The second-order valence-corrected chi connectivity index (χ2v) is 14.7. The Kier molecular flexibility index (Phi) is 6.11. The minimum Gasteiger partial charge on any atom is -0.312 e. The SMILES string of the molecule is C1=CC2(C3=Cc4ccccc4C3=C1)C1=Cc3ccccc3C1=CC=C2N(c1ccccc1)c1ccccc1-c1cccc2sc3ccccc3c12. The zero-order valence-corrected chi connectivity index (χ0v) is 28.6. The second-order valence-electron chi connectivity index (χ2n) is 13.6. The van der Waals surface area contributed by atoms with Gasteiger partial charge in [-0.05, 0) is 98.7 Å². The van der Waals surface area contributed by atoms with Gasteiger partial charge in [-0.3, -0.25) is 0 Å². The van der Waals surface area contributed by atoms with Crippen molar-refractivity contribution in [1.82, 2.24) is 0 Å². The Bertz CT molecular complexity index is 2780. The zero-order chi connectivity index (χ0) is 33.5. The summed E-state index contributed by atoms with van der Waals surface area (Å²) in [6, 6.07) is 53.2. The zero-order valence-electron chi connectivity index (χ0n) is 27.8. The lowest BCUT2D eigenvalue weighted by atomic mass is 9.63. The number of allylic oxidation sites excluding steroid dienone is 7. The van der Waals surface area contributed by atoms with Gasteiger partial charge in [-0.2, -0.15) is 0 Å². The number of fused-ring (bicyclic) bond motifs is 11. The topological polar surface area (TPSA) is 3.24 Å². The van der Waals surface area contributed by atoms with Crippen LogP contribution in [0, 0.1) is 5.41 Å². The van der Waals surface area contributed by atoms with Gasteiger partial charge in [-0.1, -0.05) is 140 Å². The molecule has 1 nitrogen and oxygen atoms in total. The molecule has 4 aliphatic carbocycles. The molecule has 0 radical (unpaired) electrons. The molecule has 0 amide bonds. The number of thiophene rings is 1. The summed E-state index contributed by atoms with van der Waals surface area (Å²) in [5.41, 5.74) is 15.8. The lowest BCUT2D eigenvalue weighted by Crippen LogP contribution is -2.37.